The SMILES string of the molecule is [2H]C([2H])([2H])Oc1cc([C@H](Cc2c(Cl)cncc2Cl)OC(=O)c2ccc(CN(C(=O)O[C@H]3CN4CCC3CC4)c3ccccc3F)s2)ccc1OC(F)F. The predicted octanol–water partition coefficient (Wildman–Crippen LogP) is 8.58. The molecule has 0 radical (unpaired) electrons. The first-order valence-corrected chi connectivity index (χ1v) is 17.1. The maximum absolute atomic E-state index is 15.1. The lowest BCUT2D eigenvalue weighted by Gasteiger charge is -2.44. The minimum Gasteiger partial charge on any atom is -0.493 e. The number of ether oxygens (including phenoxy) is 4. The molecule has 0 N–H and O–H groups in total. The van der Waals surface area contributed by atoms with Crippen LogP contribution in [0.3, 0.4) is 0 Å². The van der Waals surface area contributed by atoms with E-state index in [1.165, 1.54) is 47.6 Å². The summed E-state index contributed by atoms with van der Waals surface area (Å²) < 4.78 is 85.1. The van der Waals surface area contributed by atoms with Gasteiger partial charge in [0.15, 0.2) is 11.5 Å². The number of alkyl halides is 2. The summed E-state index contributed by atoms with van der Waals surface area (Å²) in [4.78, 5) is 35.3. The van der Waals surface area contributed by atoms with Crippen molar-refractivity contribution in [3.63, 3.8) is 0 Å². The van der Waals surface area contributed by atoms with Gasteiger partial charge in [-0.25, -0.2) is 14.0 Å². The monoisotopic (exact) mass is 752 g/mol. The zero-order valence-corrected chi connectivity index (χ0v) is 28.5. The van der Waals surface area contributed by atoms with Crippen LogP contribution in [-0.2, 0) is 22.4 Å². The fourth-order valence-corrected chi connectivity index (χ4v) is 7.51. The fraction of sp³-hybridized carbons (Fsp3) is 0.343. The number of aromatic nitrogens is 1. The van der Waals surface area contributed by atoms with Crippen molar-refractivity contribution in [2.24, 2.45) is 5.92 Å². The quantitative estimate of drug-likeness (QED) is 0.133. The van der Waals surface area contributed by atoms with Crippen molar-refractivity contribution >= 4 is 52.3 Å². The number of halogens is 5. The third kappa shape index (κ3) is 8.28. The molecule has 2 aromatic heterocycles. The number of methoxy groups -OCH3 is 1. The van der Waals surface area contributed by atoms with Gasteiger partial charge in [-0.1, -0.05) is 41.4 Å². The van der Waals surface area contributed by atoms with E-state index >= 15 is 4.39 Å². The number of esters is 1. The van der Waals surface area contributed by atoms with Crippen LogP contribution in [0.25, 0.3) is 0 Å². The molecule has 4 aromatic rings. The minimum atomic E-state index is -3.28. The van der Waals surface area contributed by atoms with Crippen LogP contribution in [0.1, 0.15) is 48.7 Å². The number of para-hydroxylation sites is 1. The Hall–Kier alpha value is -4.04. The molecule has 3 saturated heterocycles. The number of hydrogen-bond acceptors (Lipinski definition) is 9. The molecular weight excluding hydrogens is 718 g/mol. The number of carbonyl (C=O) groups is 2. The Kier molecular flexibility index (Phi) is 10.1. The highest BCUT2D eigenvalue weighted by Gasteiger charge is 2.38. The van der Waals surface area contributed by atoms with Crippen molar-refractivity contribution in [2.45, 2.75) is 44.6 Å². The smallest absolute Gasteiger partial charge is 0.415 e. The number of rotatable bonds is 12. The van der Waals surface area contributed by atoms with E-state index in [0.29, 0.717) is 17.0 Å². The van der Waals surface area contributed by atoms with Gasteiger partial charge in [0.05, 0.1) is 33.4 Å². The van der Waals surface area contributed by atoms with Crippen LogP contribution in [0.4, 0.5) is 23.7 Å². The molecule has 15 heteroatoms. The number of carbonyl (C=O) groups excluding carboxylic acids is 2. The molecule has 2 aromatic carbocycles. The molecule has 2 atom stereocenters. The van der Waals surface area contributed by atoms with Crippen molar-refractivity contribution < 1.29 is 45.8 Å². The van der Waals surface area contributed by atoms with Gasteiger partial charge in [-0.15, -0.1) is 11.3 Å². The Morgan fingerprint density at radius 2 is 1.84 bits per heavy atom. The topological polar surface area (TPSA) is 90.4 Å². The molecule has 3 aliphatic rings. The van der Waals surface area contributed by atoms with Gasteiger partial charge in [0.25, 0.3) is 0 Å². The second-order valence-electron chi connectivity index (χ2n) is 11.7. The highest BCUT2D eigenvalue weighted by Crippen LogP contribution is 2.37. The number of piperidine rings is 3. The lowest BCUT2D eigenvalue weighted by atomic mass is 9.86. The molecule has 264 valence electrons. The van der Waals surface area contributed by atoms with Crippen LogP contribution in [0.2, 0.25) is 10.0 Å². The second kappa shape index (κ2) is 15.9. The highest BCUT2D eigenvalue weighted by atomic mass is 35.5. The Morgan fingerprint density at radius 1 is 1.08 bits per heavy atom. The van der Waals surface area contributed by atoms with Crippen molar-refractivity contribution in [2.75, 3.05) is 31.6 Å². The van der Waals surface area contributed by atoms with Crippen LogP contribution < -0.4 is 14.4 Å². The minimum absolute atomic E-state index is 0.0109. The Labute approximate surface area is 304 Å². The zero-order valence-electron chi connectivity index (χ0n) is 29.2. The predicted molar refractivity (Wildman–Crippen MR) is 182 cm³/mol. The van der Waals surface area contributed by atoms with Crippen LogP contribution in [0, 0.1) is 11.7 Å². The van der Waals surface area contributed by atoms with Gasteiger partial charge in [0.2, 0.25) is 0 Å². The summed E-state index contributed by atoms with van der Waals surface area (Å²) in [6, 6.07) is 12.4. The number of hydrogen-bond donors (Lipinski definition) is 0. The molecule has 3 aliphatic heterocycles. The standard InChI is InChI=1S/C35H32Cl2F3N3O6S/c1-46-30-14-21(6-8-28(30)48-34(39)40)29(15-23-24(36)16-41-17-25(23)37)47-33(44)32-9-7-22(50-32)18-43(27-5-3-2-4-26(27)38)35(45)49-31-19-42-12-10-20(31)11-13-42/h2-9,14,16-17,20,29,31,34H,10-13,15,18-19H2,1H3/t29-,31-/m0/s1/i1D3. The van der Waals surface area contributed by atoms with Gasteiger partial charge < -0.3 is 18.9 Å². The van der Waals surface area contributed by atoms with E-state index in [1.54, 1.807) is 12.1 Å². The molecule has 7 rings (SSSR count). The van der Waals surface area contributed by atoms with E-state index in [2.05, 4.69) is 14.6 Å². The maximum Gasteiger partial charge on any atom is 0.415 e. The normalized spacial score (nSPS) is 20.0. The molecule has 1 amide bonds. The third-order valence-corrected chi connectivity index (χ3v) is 10.3. The van der Waals surface area contributed by atoms with E-state index in [-0.39, 0.29) is 51.2 Å². The van der Waals surface area contributed by atoms with Crippen molar-refractivity contribution in [3.05, 3.63) is 104 Å². The van der Waals surface area contributed by atoms with E-state index in [1.807, 2.05) is 0 Å². The summed E-state index contributed by atoms with van der Waals surface area (Å²) in [6.45, 7) is -0.899. The fourth-order valence-electron chi connectivity index (χ4n) is 6.12. The summed E-state index contributed by atoms with van der Waals surface area (Å²) in [5, 5.41) is 0.291. The van der Waals surface area contributed by atoms with Gasteiger partial charge in [0, 0.05) is 30.2 Å². The highest BCUT2D eigenvalue weighted by molar-refractivity contribution is 7.14. The van der Waals surface area contributed by atoms with E-state index in [0.717, 1.165) is 49.4 Å². The number of amides is 1. The maximum atomic E-state index is 15.1. The molecule has 5 heterocycles. The Bertz CT molecular complexity index is 1930. The van der Waals surface area contributed by atoms with Gasteiger partial charge in [-0.05, 0) is 79.4 Å². The average Bonchev–Trinajstić information content (AvgIpc) is 3.58. The lowest BCUT2D eigenvalue weighted by Crippen LogP contribution is -2.53. The number of nitrogens with zero attached hydrogens (tertiary/aromatic N) is 3. The molecule has 0 saturated carbocycles. The molecule has 2 bridgehead atoms. The summed E-state index contributed by atoms with van der Waals surface area (Å²) in [5.41, 5.74) is 0.485. The lowest BCUT2D eigenvalue weighted by molar-refractivity contribution is -0.0512. The van der Waals surface area contributed by atoms with E-state index in [9.17, 15) is 18.4 Å². The van der Waals surface area contributed by atoms with Crippen molar-refractivity contribution in [3.8, 4) is 11.5 Å². The van der Waals surface area contributed by atoms with Gasteiger partial charge in [-0.3, -0.25) is 14.8 Å². The van der Waals surface area contributed by atoms with Crippen LogP contribution >= 0.6 is 34.5 Å². The third-order valence-electron chi connectivity index (χ3n) is 8.65. The van der Waals surface area contributed by atoms with Gasteiger partial charge >= 0.3 is 18.7 Å². The Balaban J connectivity index is 1.26. The number of pyridine rings is 1. The molecule has 9 nitrogen and oxygen atoms in total. The van der Waals surface area contributed by atoms with Gasteiger partial charge in [0.1, 0.15) is 22.9 Å². The molecule has 3 fully saturated rings. The molecule has 0 aliphatic carbocycles. The molecular formula is C35H32Cl2F3N3O6S. The van der Waals surface area contributed by atoms with Crippen molar-refractivity contribution in [1.29, 1.82) is 0 Å². The Morgan fingerprint density at radius 3 is 2.52 bits per heavy atom. The summed E-state index contributed by atoms with van der Waals surface area (Å²) in [6.07, 6.45) is 2.10. The number of benzene rings is 2. The van der Waals surface area contributed by atoms with Crippen molar-refractivity contribution in [1.82, 2.24) is 9.88 Å². The first-order chi connectivity index (χ1) is 25.2. The molecule has 0 unspecified atom stereocenters. The molecule has 0 spiro atoms. The van der Waals surface area contributed by atoms with Crippen LogP contribution in [0.15, 0.2) is 67.0 Å². The summed E-state index contributed by atoms with van der Waals surface area (Å²) in [5.74, 6) is -2.33. The first kappa shape index (κ1) is 31.9. The first-order valence-electron chi connectivity index (χ1n) is 17.0. The van der Waals surface area contributed by atoms with Gasteiger partial charge in [-0.2, -0.15) is 8.78 Å². The molecule has 50 heavy (non-hydrogen) atoms. The summed E-state index contributed by atoms with van der Waals surface area (Å²) >= 11 is 13.7. The average molecular weight is 754 g/mol. The van der Waals surface area contributed by atoms with E-state index < -0.39 is 49.1 Å². The number of thiophene rings is 1. The van der Waals surface area contributed by atoms with Crippen LogP contribution in [-0.4, -0.2) is 61.3 Å². The second-order valence-corrected chi connectivity index (χ2v) is 13.7. The number of anilines is 1. The summed E-state index contributed by atoms with van der Waals surface area (Å²) in [7, 11) is -3.03. The van der Waals surface area contributed by atoms with Crippen LogP contribution in [0.5, 0.6) is 11.5 Å². The van der Waals surface area contributed by atoms with E-state index in [4.69, 9.17) is 41.5 Å². The zero-order chi connectivity index (χ0) is 37.9. The largest absolute Gasteiger partial charge is 0.493 e. The number of fused-ring (bicyclic) bond motifs is 3.